The maximum atomic E-state index is 12.6. The summed E-state index contributed by atoms with van der Waals surface area (Å²) < 4.78 is 70.2. The van der Waals surface area contributed by atoms with E-state index in [0.29, 0.717) is 9.79 Å². The highest BCUT2D eigenvalue weighted by Gasteiger charge is 2.22. The van der Waals surface area contributed by atoms with Crippen molar-refractivity contribution in [3.63, 3.8) is 0 Å². The highest BCUT2D eigenvalue weighted by atomic mass is 32.2. The lowest BCUT2D eigenvalue weighted by molar-refractivity contribution is -0.135. The van der Waals surface area contributed by atoms with Crippen molar-refractivity contribution in [3.8, 4) is 0 Å². The van der Waals surface area contributed by atoms with E-state index in [-0.39, 0.29) is 33.1 Å². The van der Waals surface area contributed by atoms with E-state index in [1.54, 1.807) is 86.6 Å². The third kappa shape index (κ3) is 11.9. The second-order valence-corrected chi connectivity index (χ2v) is 16.5. The Morgan fingerprint density at radius 1 is 0.529 bits per heavy atom. The van der Waals surface area contributed by atoms with E-state index in [4.69, 9.17) is 18.0 Å². The summed E-state index contributed by atoms with van der Waals surface area (Å²) in [6.07, 6.45) is 0. The second-order valence-electron chi connectivity index (χ2n) is 10.2. The molecule has 0 aromatic heterocycles. The molecule has 0 aliphatic heterocycles. The van der Waals surface area contributed by atoms with Gasteiger partial charge < -0.3 is 9.47 Å². The third-order valence-corrected chi connectivity index (χ3v) is 11.4. The van der Waals surface area contributed by atoms with Crippen molar-refractivity contribution in [1.29, 1.82) is 0 Å². The summed E-state index contributed by atoms with van der Waals surface area (Å²) in [5.74, 6) is -1.68. The predicted octanol–water partition coefficient (Wildman–Crippen LogP) is 7.20. The number of oxime groups is 2. The minimum Gasteiger partial charge on any atom is -0.461 e. The number of carbonyl (C=O) groups is 2. The molecule has 0 saturated carbocycles. The molecule has 0 fully saturated rings. The summed E-state index contributed by atoms with van der Waals surface area (Å²) >= 11 is 3.20. The van der Waals surface area contributed by atoms with Gasteiger partial charge in [0.1, 0.15) is 9.79 Å². The van der Waals surface area contributed by atoms with Gasteiger partial charge in [0.25, 0.3) is 0 Å². The van der Waals surface area contributed by atoms with Crippen LogP contribution in [0.5, 0.6) is 0 Å². The van der Waals surface area contributed by atoms with Crippen LogP contribution in [0.1, 0.15) is 25.0 Å². The summed E-state index contributed by atoms with van der Waals surface area (Å²) in [6, 6.07) is 26.1. The molecule has 0 saturated heterocycles. The SMILES string of the molecule is CCOC(=O)/C(=N/OS(=O)(=O)c1ccc(C)cc1)Sc1ccc(Sc2ccc(S/C(=N\OS(=O)(=O)c3ccc(C)cc3)C(=O)OCC)cc2)cc1. The molecule has 0 aliphatic rings. The van der Waals surface area contributed by atoms with E-state index in [1.165, 1.54) is 36.0 Å². The van der Waals surface area contributed by atoms with Crippen molar-refractivity contribution >= 4 is 77.5 Å². The first-order valence-electron chi connectivity index (χ1n) is 15.0. The zero-order valence-electron chi connectivity index (χ0n) is 27.7. The molecule has 0 atom stereocenters. The number of rotatable bonds is 12. The number of benzene rings is 4. The lowest BCUT2D eigenvalue weighted by Crippen LogP contribution is -2.16. The summed E-state index contributed by atoms with van der Waals surface area (Å²) in [4.78, 5) is 27.7. The number of hydrogen-bond donors (Lipinski definition) is 0. The fourth-order valence-corrected chi connectivity index (χ4v) is 7.54. The molecule has 51 heavy (non-hydrogen) atoms. The van der Waals surface area contributed by atoms with Crippen LogP contribution in [0.2, 0.25) is 0 Å². The quantitative estimate of drug-likeness (QED) is 0.0466. The van der Waals surface area contributed by atoms with Crippen LogP contribution >= 0.6 is 35.3 Å². The van der Waals surface area contributed by atoms with Gasteiger partial charge in [0, 0.05) is 19.6 Å². The van der Waals surface area contributed by atoms with Gasteiger partial charge in [0.05, 0.1) is 13.2 Å². The van der Waals surface area contributed by atoms with Crippen LogP contribution in [0.4, 0.5) is 0 Å². The first kappa shape index (κ1) is 39.5. The molecule has 0 amide bonds. The van der Waals surface area contributed by atoms with E-state index in [9.17, 15) is 26.4 Å². The number of esters is 2. The molecular weight excluding hydrogens is 757 g/mol. The molecule has 0 unspecified atom stereocenters. The van der Waals surface area contributed by atoms with Crippen molar-refractivity contribution in [2.45, 2.75) is 57.1 Å². The normalized spacial score (nSPS) is 12.2. The third-order valence-electron chi connectivity index (χ3n) is 6.27. The minimum absolute atomic E-state index is 0.0522. The Morgan fingerprint density at radius 2 is 0.843 bits per heavy atom. The zero-order valence-corrected chi connectivity index (χ0v) is 31.8. The van der Waals surface area contributed by atoms with Gasteiger partial charge in [0.15, 0.2) is 0 Å². The Balaban J connectivity index is 1.42. The fourth-order valence-electron chi connectivity index (χ4n) is 3.75. The zero-order chi connectivity index (χ0) is 37.0. The number of nitrogens with zero attached hydrogens (tertiary/aromatic N) is 2. The number of aryl methyl sites for hydroxylation is 2. The number of thioether (sulfide) groups is 2. The second kappa shape index (κ2) is 18.3. The highest BCUT2D eigenvalue weighted by molar-refractivity contribution is 8.16. The summed E-state index contributed by atoms with van der Waals surface area (Å²) in [7, 11) is -8.53. The molecule has 0 radical (unpaired) electrons. The maximum Gasteiger partial charge on any atom is 0.367 e. The molecule has 0 spiro atoms. The van der Waals surface area contributed by atoms with Gasteiger partial charge in [-0.15, -0.1) is 0 Å². The Labute approximate surface area is 309 Å². The molecule has 4 rings (SSSR count). The molecule has 12 nitrogen and oxygen atoms in total. The lowest BCUT2D eigenvalue weighted by Gasteiger charge is -2.08. The van der Waals surface area contributed by atoms with Crippen LogP contribution in [-0.4, -0.2) is 52.1 Å². The van der Waals surface area contributed by atoms with Crippen LogP contribution in [0.15, 0.2) is 137 Å². The molecule has 0 heterocycles. The van der Waals surface area contributed by atoms with Crippen molar-refractivity contribution in [2.75, 3.05) is 13.2 Å². The average Bonchev–Trinajstić information content (AvgIpc) is 3.10. The fraction of sp³-hybridized carbons (Fsp3) is 0.176. The Morgan fingerprint density at radius 3 is 1.16 bits per heavy atom. The number of hydrogen-bond acceptors (Lipinski definition) is 15. The molecule has 0 aliphatic carbocycles. The van der Waals surface area contributed by atoms with Crippen LogP contribution < -0.4 is 0 Å². The van der Waals surface area contributed by atoms with E-state index in [0.717, 1.165) is 44.4 Å². The molecule has 0 N–H and O–H groups in total. The van der Waals surface area contributed by atoms with Gasteiger partial charge in [0.2, 0.25) is 10.1 Å². The van der Waals surface area contributed by atoms with Gasteiger partial charge in [-0.3, -0.25) is 8.57 Å². The number of ether oxygens (including phenoxy) is 2. The van der Waals surface area contributed by atoms with Crippen LogP contribution in [0, 0.1) is 13.8 Å². The molecular formula is C34H32N2O10S5. The Hall–Kier alpha value is -4.29. The van der Waals surface area contributed by atoms with Crippen LogP contribution in [0.3, 0.4) is 0 Å². The molecule has 0 bridgehead atoms. The van der Waals surface area contributed by atoms with Gasteiger partial charge in [-0.25, -0.2) is 9.59 Å². The van der Waals surface area contributed by atoms with Gasteiger partial charge in [-0.2, -0.15) is 16.8 Å². The Bertz CT molecular complexity index is 1950. The summed E-state index contributed by atoms with van der Waals surface area (Å²) in [5.41, 5.74) is 1.73. The van der Waals surface area contributed by atoms with Crippen molar-refractivity contribution < 1.29 is 44.5 Å². The standard InChI is InChI=1S/C34H32N2O10S5/c1-5-43-33(37)31(35-45-50(39,40)29-19-7-23(3)8-20-29)48-27-15-11-25(12-16-27)47-26-13-17-28(18-14-26)49-32(34(38)44-6-2)36-46-51(41,42)30-21-9-24(4)10-22-30/h7-22H,5-6H2,1-4H3/b35-31-,36-32-. The van der Waals surface area contributed by atoms with Crippen molar-refractivity contribution in [3.05, 3.63) is 108 Å². The van der Waals surface area contributed by atoms with E-state index < -0.39 is 32.2 Å². The average molecular weight is 789 g/mol. The maximum absolute atomic E-state index is 12.6. The largest absolute Gasteiger partial charge is 0.461 e. The molecule has 4 aromatic rings. The smallest absolute Gasteiger partial charge is 0.367 e. The lowest BCUT2D eigenvalue weighted by atomic mass is 10.2. The summed E-state index contributed by atoms with van der Waals surface area (Å²) in [5, 5.41) is 6.64. The monoisotopic (exact) mass is 788 g/mol. The summed E-state index contributed by atoms with van der Waals surface area (Å²) in [6.45, 7) is 6.96. The predicted molar refractivity (Wildman–Crippen MR) is 196 cm³/mol. The molecule has 268 valence electrons. The van der Waals surface area contributed by atoms with Crippen molar-refractivity contribution in [1.82, 2.24) is 0 Å². The van der Waals surface area contributed by atoms with Gasteiger partial charge >= 0.3 is 32.2 Å². The van der Waals surface area contributed by atoms with E-state index in [1.807, 2.05) is 13.8 Å². The first-order chi connectivity index (χ1) is 24.3. The van der Waals surface area contributed by atoms with Crippen molar-refractivity contribution in [2.24, 2.45) is 10.3 Å². The van der Waals surface area contributed by atoms with E-state index >= 15 is 0 Å². The Kier molecular flexibility index (Phi) is 14.2. The van der Waals surface area contributed by atoms with Crippen LogP contribution in [0.25, 0.3) is 0 Å². The van der Waals surface area contributed by atoms with Gasteiger partial charge in [-0.1, -0.05) is 81.0 Å². The highest BCUT2D eigenvalue weighted by Crippen LogP contribution is 2.32. The molecule has 4 aromatic carbocycles. The number of carbonyl (C=O) groups excluding carboxylic acids is 2. The molecule has 17 heteroatoms. The van der Waals surface area contributed by atoms with E-state index in [2.05, 4.69) is 10.3 Å². The van der Waals surface area contributed by atoms with Gasteiger partial charge in [-0.05, 0) is 100 Å². The minimum atomic E-state index is -4.27. The first-order valence-corrected chi connectivity index (χ1v) is 20.3. The topological polar surface area (TPSA) is 164 Å². The van der Waals surface area contributed by atoms with Crippen LogP contribution in [-0.2, 0) is 47.9 Å².